The van der Waals surface area contributed by atoms with Gasteiger partial charge in [-0.25, -0.2) is 14.2 Å². The molecule has 0 saturated carbocycles. The average molecular weight is 786 g/mol. The Bertz CT molecular complexity index is 2600. The summed E-state index contributed by atoms with van der Waals surface area (Å²) in [7, 11) is -4.62. The summed E-state index contributed by atoms with van der Waals surface area (Å²) in [6.07, 6.45) is 1.76. The van der Waals surface area contributed by atoms with Crippen molar-refractivity contribution in [1.82, 2.24) is 14.0 Å². The van der Waals surface area contributed by atoms with Crippen molar-refractivity contribution in [3.05, 3.63) is 90.3 Å². The number of carbonyl (C=O) groups is 2. The van der Waals surface area contributed by atoms with Crippen LogP contribution < -0.4 is 24.5 Å². The zero-order valence-corrected chi connectivity index (χ0v) is 30.5. The fourth-order valence-electron chi connectivity index (χ4n) is 7.52. The smallest absolute Gasteiger partial charge is 0.336 e. The lowest BCUT2D eigenvalue weighted by atomic mass is 9.93. The molecule has 0 atom stereocenters. The maximum atomic E-state index is 12.8. The Morgan fingerprint density at radius 3 is 1.86 bits per heavy atom. The van der Waals surface area contributed by atoms with Crippen molar-refractivity contribution in [2.75, 3.05) is 31.1 Å². The van der Waals surface area contributed by atoms with E-state index in [1.165, 1.54) is 36.4 Å². The normalized spacial score (nSPS) is 16.7. The molecule has 17 heteroatoms. The highest BCUT2D eigenvalue weighted by atomic mass is 32.2. The number of piperidine rings is 2. The average Bonchev–Trinajstić information content (AvgIpc) is 3.69. The first-order valence-corrected chi connectivity index (χ1v) is 19.3. The summed E-state index contributed by atoms with van der Waals surface area (Å²) in [6.45, 7) is 1.95. The van der Waals surface area contributed by atoms with Crippen molar-refractivity contribution in [2.45, 2.75) is 30.6 Å². The van der Waals surface area contributed by atoms with Gasteiger partial charge in [0.05, 0.1) is 17.9 Å². The molecule has 1 aliphatic carbocycles. The van der Waals surface area contributed by atoms with Gasteiger partial charge < -0.3 is 39.4 Å². The Balaban J connectivity index is 1.11. The Morgan fingerprint density at radius 1 is 0.696 bits per heavy atom. The van der Waals surface area contributed by atoms with Crippen LogP contribution in [0.2, 0.25) is 0 Å². The van der Waals surface area contributed by atoms with Crippen molar-refractivity contribution in [1.29, 1.82) is 0 Å². The van der Waals surface area contributed by atoms with Crippen molar-refractivity contribution in [2.24, 2.45) is 11.8 Å². The molecule has 5 heterocycles. The Kier molecular flexibility index (Phi) is 9.33. The van der Waals surface area contributed by atoms with E-state index < -0.39 is 57.4 Å². The van der Waals surface area contributed by atoms with Crippen LogP contribution in [0.15, 0.2) is 94.2 Å². The molecule has 0 radical (unpaired) electrons. The van der Waals surface area contributed by atoms with Gasteiger partial charge in [0.25, 0.3) is 10.1 Å². The highest BCUT2D eigenvalue weighted by molar-refractivity contribution is 7.86. The van der Waals surface area contributed by atoms with Crippen LogP contribution >= 0.6 is 0 Å². The lowest BCUT2D eigenvalue weighted by Crippen LogP contribution is -2.41. The van der Waals surface area contributed by atoms with Gasteiger partial charge in [0.15, 0.2) is 0 Å². The molecule has 0 amide bonds. The van der Waals surface area contributed by atoms with E-state index in [4.69, 9.17) is 14.1 Å². The van der Waals surface area contributed by atoms with Crippen LogP contribution in [0, 0.1) is 11.8 Å². The molecule has 4 aromatic rings. The van der Waals surface area contributed by atoms with Gasteiger partial charge in [0.2, 0.25) is 28.9 Å². The number of anilines is 1. The van der Waals surface area contributed by atoms with Gasteiger partial charge >= 0.3 is 11.9 Å². The van der Waals surface area contributed by atoms with Crippen LogP contribution in [-0.4, -0.2) is 81.0 Å². The van der Waals surface area contributed by atoms with E-state index in [0.717, 1.165) is 11.0 Å². The lowest BCUT2D eigenvalue weighted by Gasteiger charge is -2.32. The molecule has 16 nitrogen and oxygen atoms in total. The molecule has 3 aliphatic heterocycles. The Hall–Kier alpha value is -6.46. The summed E-state index contributed by atoms with van der Waals surface area (Å²) >= 11 is 0. The largest absolute Gasteiger partial charge is 0.492 e. The number of rotatable bonds is 7. The summed E-state index contributed by atoms with van der Waals surface area (Å²) in [4.78, 5) is 38.0. The van der Waals surface area contributed by atoms with Crippen LogP contribution in [0.4, 0.5) is 5.69 Å². The maximum Gasteiger partial charge on any atom is 0.336 e. The third-order valence-electron chi connectivity index (χ3n) is 10.5. The molecule has 2 aromatic heterocycles. The van der Waals surface area contributed by atoms with E-state index in [9.17, 15) is 43.0 Å². The standard InChI is InChI=1S/C39H36N4O12S/c44-33-9-10-34(45)42(33)54-38(48)23-13-17-40(18-14-23)25-5-7-27-30(21-25)53-31-22-26(6-8-28(31)37(27)29-3-1-2-4-32(29)56(50,51)52)41-19-15-24(16-20-41)39(49)55-43-35(46)11-12-36(43)47/h1-12,21-24H,13-20H2,(H4-,44,45,46,47,50,51,52)/p+1. The van der Waals surface area contributed by atoms with Crippen molar-refractivity contribution in [3.63, 3.8) is 0 Å². The van der Waals surface area contributed by atoms with E-state index in [1.807, 2.05) is 36.4 Å². The molecule has 2 saturated heterocycles. The number of hydrogen-bond acceptors (Lipinski definition) is 12. The summed E-state index contributed by atoms with van der Waals surface area (Å²) < 4.78 is 45.5. The second-order valence-electron chi connectivity index (χ2n) is 13.8. The fourth-order valence-corrected chi connectivity index (χ4v) is 8.21. The number of carbonyl (C=O) groups excluding carboxylic acids is 2. The maximum absolute atomic E-state index is 12.8. The number of aromatic nitrogens is 2. The van der Waals surface area contributed by atoms with Crippen LogP contribution in [0.3, 0.4) is 0 Å². The summed E-state index contributed by atoms with van der Waals surface area (Å²) in [5.74, 6) is -3.23. The molecule has 0 unspecified atom stereocenters. The van der Waals surface area contributed by atoms with E-state index in [2.05, 4.69) is 9.48 Å². The fraction of sp³-hybridized carbons (Fsp3) is 0.256. The van der Waals surface area contributed by atoms with Gasteiger partial charge in [-0.2, -0.15) is 8.42 Å². The zero-order chi connectivity index (χ0) is 39.3. The van der Waals surface area contributed by atoms with Gasteiger partial charge in [-0.05, 0) is 37.1 Å². The topological polar surface area (TPSA) is 217 Å². The monoisotopic (exact) mass is 785 g/mol. The van der Waals surface area contributed by atoms with Crippen molar-refractivity contribution < 1.29 is 57.1 Å². The van der Waals surface area contributed by atoms with Crippen LogP contribution in [0.25, 0.3) is 33.4 Å². The lowest BCUT2D eigenvalue weighted by molar-refractivity contribution is -0.152. The van der Waals surface area contributed by atoms with E-state index >= 15 is 0 Å². The number of hydrogen-bond donors (Lipinski definition) is 5. The van der Waals surface area contributed by atoms with Crippen LogP contribution in [0.1, 0.15) is 25.7 Å². The number of aromatic hydroxyl groups is 4. The number of fused-ring (bicyclic) bond motifs is 2. The van der Waals surface area contributed by atoms with Gasteiger partial charge in [-0.3, -0.25) is 4.55 Å². The number of nitrogens with zero attached hydrogens (tertiary/aromatic N) is 4. The summed E-state index contributed by atoms with van der Waals surface area (Å²) in [5.41, 5.74) is 2.69. The van der Waals surface area contributed by atoms with E-state index in [-0.39, 0.29) is 4.90 Å². The first kappa shape index (κ1) is 36.5. The molecule has 290 valence electrons. The van der Waals surface area contributed by atoms with Crippen LogP contribution in [-0.2, 0) is 19.7 Å². The minimum absolute atomic E-state index is 0.257. The van der Waals surface area contributed by atoms with Gasteiger partial charge in [0.1, 0.15) is 29.3 Å². The van der Waals surface area contributed by atoms with Gasteiger partial charge in [0, 0.05) is 90.1 Å². The third kappa shape index (κ3) is 6.86. The van der Waals surface area contributed by atoms with Gasteiger partial charge in [-0.15, -0.1) is 9.46 Å². The Labute approximate surface area is 318 Å². The third-order valence-corrected chi connectivity index (χ3v) is 11.4. The molecular weight excluding hydrogens is 749 g/mol. The second-order valence-corrected chi connectivity index (χ2v) is 15.2. The first-order chi connectivity index (χ1) is 26.9. The highest BCUT2D eigenvalue weighted by Crippen LogP contribution is 2.43. The molecule has 2 fully saturated rings. The molecule has 4 aliphatic rings. The quantitative estimate of drug-likeness (QED) is 0.0890. The molecule has 0 bridgehead atoms. The van der Waals surface area contributed by atoms with Gasteiger partial charge in [-0.1, -0.05) is 18.2 Å². The van der Waals surface area contributed by atoms with Crippen molar-refractivity contribution in [3.8, 4) is 46.0 Å². The van der Waals surface area contributed by atoms with E-state index in [0.29, 0.717) is 94.7 Å². The van der Waals surface area contributed by atoms with Crippen LogP contribution in [0.5, 0.6) is 23.5 Å². The molecular formula is C39H37N4O12S+. The first-order valence-electron chi connectivity index (χ1n) is 17.9. The summed E-state index contributed by atoms with van der Waals surface area (Å²) in [5, 5.41) is 40.9. The second kappa shape index (κ2) is 14.3. The predicted molar refractivity (Wildman–Crippen MR) is 199 cm³/mol. The highest BCUT2D eigenvalue weighted by Gasteiger charge is 2.32. The zero-order valence-electron chi connectivity index (χ0n) is 29.7. The Morgan fingerprint density at radius 2 is 1.27 bits per heavy atom. The van der Waals surface area contributed by atoms with E-state index in [1.54, 1.807) is 12.1 Å². The minimum atomic E-state index is -4.62. The minimum Gasteiger partial charge on any atom is -0.492 e. The predicted octanol–water partition coefficient (Wildman–Crippen LogP) is 3.59. The SMILES string of the molecule is O=C(On1c(O)ccc1O)C1CCN(c2ccc3c(-c4ccccc4S(=O)(=O)O)c4ccc(=[N+]5CCC(C(=O)On6c(O)ccc6O)CC5)cc-4oc3c2)CC1. The molecule has 5 N–H and O–H groups in total. The van der Waals surface area contributed by atoms with Crippen molar-refractivity contribution >= 4 is 38.7 Å². The molecule has 0 spiro atoms. The molecule has 8 rings (SSSR count). The number of benzene rings is 3. The molecule has 2 aromatic carbocycles. The summed E-state index contributed by atoms with van der Waals surface area (Å²) in [6, 6.07) is 22.2. The molecule has 56 heavy (non-hydrogen) atoms.